The van der Waals surface area contributed by atoms with E-state index < -0.39 is 11.7 Å². The van der Waals surface area contributed by atoms with E-state index in [1.807, 2.05) is 12.1 Å². The molecule has 0 bridgehead atoms. The normalized spacial score (nSPS) is 16.7. The Labute approximate surface area is 143 Å². The van der Waals surface area contributed by atoms with Gasteiger partial charge in [0.25, 0.3) is 0 Å². The number of amides is 1. The number of carbonyl (C=O) groups excluding carboxylic acids is 2. The Hall–Kier alpha value is -2.04. The third kappa shape index (κ3) is 4.98. The first-order valence-electron chi connectivity index (χ1n) is 8.31. The van der Waals surface area contributed by atoms with Gasteiger partial charge < -0.3 is 19.6 Å². The number of para-hydroxylation sites is 1. The summed E-state index contributed by atoms with van der Waals surface area (Å²) in [7, 11) is 0. The van der Waals surface area contributed by atoms with Crippen molar-refractivity contribution in [3.8, 4) is 5.75 Å². The SMILES string of the molecule is CC(C)(C)OC(=O)NCC(C=O)Cc1cccc2c1OC(C)(C)C2. The molecule has 1 aliphatic heterocycles. The fourth-order valence-corrected chi connectivity index (χ4v) is 2.82. The molecule has 1 aromatic rings. The van der Waals surface area contributed by atoms with E-state index >= 15 is 0 Å². The number of rotatable bonds is 5. The van der Waals surface area contributed by atoms with Crippen LogP contribution in [0.5, 0.6) is 5.75 Å². The van der Waals surface area contributed by atoms with Gasteiger partial charge in [0.2, 0.25) is 0 Å². The first kappa shape index (κ1) is 18.3. The number of alkyl carbamates (subject to hydrolysis) is 1. The minimum absolute atomic E-state index is 0.218. The van der Waals surface area contributed by atoms with Crippen LogP contribution in [0.25, 0.3) is 0 Å². The zero-order valence-corrected chi connectivity index (χ0v) is 15.1. The number of fused-ring (bicyclic) bond motifs is 1. The lowest BCUT2D eigenvalue weighted by atomic mass is 9.96. The van der Waals surface area contributed by atoms with E-state index in [0.29, 0.717) is 6.42 Å². The molecule has 0 fully saturated rings. The summed E-state index contributed by atoms with van der Waals surface area (Å²) in [4.78, 5) is 23.1. The highest BCUT2D eigenvalue weighted by atomic mass is 16.6. The van der Waals surface area contributed by atoms with Gasteiger partial charge in [0.05, 0.1) is 0 Å². The fourth-order valence-electron chi connectivity index (χ4n) is 2.82. The van der Waals surface area contributed by atoms with Crippen LogP contribution in [0.4, 0.5) is 4.79 Å². The van der Waals surface area contributed by atoms with Crippen molar-refractivity contribution in [1.82, 2.24) is 5.32 Å². The summed E-state index contributed by atoms with van der Waals surface area (Å²) < 4.78 is 11.2. The van der Waals surface area contributed by atoms with Crippen LogP contribution in [0.2, 0.25) is 0 Å². The quantitative estimate of drug-likeness (QED) is 0.840. The maximum atomic E-state index is 11.7. The van der Waals surface area contributed by atoms with E-state index in [1.165, 1.54) is 5.56 Å². The number of aldehydes is 1. The molecule has 0 aromatic heterocycles. The largest absolute Gasteiger partial charge is 0.487 e. The first-order valence-corrected chi connectivity index (χ1v) is 8.31. The molecular formula is C19H27NO4. The van der Waals surface area contributed by atoms with Gasteiger partial charge in [-0.05, 0) is 52.2 Å². The Kier molecular flexibility index (Phi) is 5.21. The maximum absolute atomic E-state index is 11.7. The van der Waals surface area contributed by atoms with Crippen LogP contribution in [0.15, 0.2) is 18.2 Å². The molecule has 0 radical (unpaired) electrons. The molecule has 132 valence electrons. The van der Waals surface area contributed by atoms with Crippen molar-refractivity contribution in [2.75, 3.05) is 6.54 Å². The Morgan fingerprint density at radius 2 is 2.12 bits per heavy atom. The molecule has 1 atom stereocenters. The number of carbonyl (C=O) groups is 2. The molecule has 5 nitrogen and oxygen atoms in total. The summed E-state index contributed by atoms with van der Waals surface area (Å²) in [5, 5.41) is 2.66. The summed E-state index contributed by atoms with van der Waals surface area (Å²) in [6.45, 7) is 9.75. The standard InChI is InChI=1S/C19H27NO4/c1-18(2,3)24-17(22)20-11-13(12-21)9-14-7-6-8-15-10-19(4,5)23-16(14)15/h6-8,12-13H,9-11H2,1-5H3,(H,20,22). The number of hydrogen-bond acceptors (Lipinski definition) is 4. The Bertz CT molecular complexity index is 616. The molecule has 5 heteroatoms. The smallest absolute Gasteiger partial charge is 0.407 e. The van der Waals surface area contributed by atoms with Crippen LogP contribution >= 0.6 is 0 Å². The molecule has 24 heavy (non-hydrogen) atoms. The van der Waals surface area contributed by atoms with Crippen LogP contribution in [0.1, 0.15) is 45.7 Å². The van der Waals surface area contributed by atoms with Gasteiger partial charge in [0.15, 0.2) is 0 Å². The van der Waals surface area contributed by atoms with Crippen molar-refractivity contribution in [2.45, 2.75) is 58.7 Å². The number of ether oxygens (including phenoxy) is 2. The van der Waals surface area contributed by atoms with E-state index in [4.69, 9.17) is 9.47 Å². The maximum Gasteiger partial charge on any atom is 0.407 e. The predicted molar refractivity (Wildman–Crippen MR) is 92.3 cm³/mol. The van der Waals surface area contributed by atoms with Crippen LogP contribution in [0, 0.1) is 5.92 Å². The molecule has 1 aromatic carbocycles. The van der Waals surface area contributed by atoms with Gasteiger partial charge in [-0.2, -0.15) is 0 Å². The average Bonchev–Trinajstić information content (AvgIpc) is 2.76. The van der Waals surface area contributed by atoms with E-state index in [1.54, 1.807) is 20.8 Å². The van der Waals surface area contributed by atoms with E-state index in [0.717, 1.165) is 24.0 Å². The average molecular weight is 333 g/mol. The minimum Gasteiger partial charge on any atom is -0.487 e. The minimum atomic E-state index is -0.555. The second-order valence-electron chi connectivity index (χ2n) is 7.93. The van der Waals surface area contributed by atoms with Gasteiger partial charge >= 0.3 is 6.09 Å². The summed E-state index contributed by atoms with van der Waals surface area (Å²) in [5.74, 6) is 0.558. The zero-order valence-electron chi connectivity index (χ0n) is 15.1. The second kappa shape index (κ2) is 6.83. The van der Waals surface area contributed by atoms with Crippen molar-refractivity contribution in [3.05, 3.63) is 29.3 Å². The van der Waals surface area contributed by atoms with E-state index in [2.05, 4.69) is 25.2 Å². The van der Waals surface area contributed by atoms with Crippen LogP contribution in [-0.2, 0) is 22.4 Å². The van der Waals surface area contributed by atoms with Gasteiger partial charge in [-0.3, -0.25) is 0 Å². The second-order valence-corrected chi connectivity index (χ2v) is 7.93. The summed E-state index contributed by atoms with van der Waals surface area (Å²) in [6.07, 6.45) is 1.75. The highest BCUT2D eigenvalue weighted by Crippen LogP contribution is 2.38. The van der Waals surface area contributed by atoms with Crippen LogP contribution in [0.3, 0.4) is 0 Å². The lowest BCUT2D eigenvalue weighted by molar-refractivity contribution is -0.110. The van der Waals surface area contributed by atoms with Crippen LogP contribution < -0.4 is 10.1 Å². The third-order valence-electron chi connectivity index (χ3n) is 3.75. The summed E-state index contributed by atoms with van der Waals surface area (Å²) >= 11 is 0. The Morgan fingerprint density at radius 3 is 2.75 bits per heavy atom. The number of nitrogens with one attached hydrogen (secondary N) is 1. The van der Waals surface area contributed by atoms with Gasteiger partial charge in [-0.25, -0.2) is 4.79 Å². The van der Waals surface area contributed by atoms with Gasteiger partial charge in [-0.1, -0.05) is 18.2 Å². The topological polar surface area (TPSA) is 64.6 Å². The molecule has 1 aliphatic rings. The molecule has 1 amide bonds. The van der Waals surface area contributed by atoms with Crippen molar-refractivity contribution in [1.29, 1.82) is 0 Å². The molecule has 0 saturated carbocycles. The van der Waals surface area contributed by atoms with E-state index in [-0.39, 0.29) is 18.1 Å². The molecule has 0 spiro atoms. The lowest BCUT2D eigenvalue weighted by Gasteiger charge is -2.21. The van der Waals surface area contributed by atoms with Crippen molar-refractivity contribution >= 4 is 12.4 Å². The predicted octanol–water partition coefficient (Wildman–Crippen LogP) is 3.28. The third-order valence-corrected chi connectivity index (χ3v) is 3.75. The van der Waals surface area contributed by atoms with Crippen molar-refractivity contribution in [3.63, 3.8) is 0 Å². The summed E-state index contributed by atoms with van der Waals surface area (Å²) in [6, 6.07) is 6.02. The fraction of sp³-hybridized carbons (Fsp3) is 0.579. The van der Waals surface area contributed by atoms with Gasteiger partial charge in [0.1, 0.15) is 23.2 Å². The molecule has 1 heterocycles. The molecule has 1 unspecified atom stereocenters. The van der Waals surface area contributed by atoms with Gasteiger partial charge in [-0.15, -0.1) is 0 Å². The van der Waals surface area contributed by atoms with Gasteiger partial charge in [0, 0.05) is 18.9 Å². The monoisotopic (exact) mass is 333 g/mol. The lowest BCUT2D eigenvalue weighted by Crippen LogP contribution is -2.36. The Balaban J connectivity index is 1.99. The number of hydrogen-bond donors (Lipinski definition) is 1. The van der Waals surface area contributed by atoms with E-state index in [9.17, 15) is 9.59 Å². The zero-order chi connectivity index (χ0) is 18.0. The van der Waals surface area contributed by atoms with Crippen molar-refractivity contribution in [2.24, 2.45) is 5.92 Å². The molecule has 2 rings (SSSR count). The van der Waals surface area contributed by atoms with Crippen molar-refractivity contribution < 1.29 is 19.1 Å². The molecule has 0 saturated heterocycles. The highest BCUT2D eigenvalue weighted by molar-refractivity contribution is 5.68. The number of benzene rings is 1. The first-order chi connectivity index (χ1) is 11.1. The van der Waals surface area contributed by atoms with Crippen LogP contribution in [-0.4, -0.2) is 30.1 Å². The molecular weight excluding hydrogens is 306 g/mol. The highest BCUT2D eigenvalue weighted by Gasteiger charge is 2.32. The Morgan fingerprint density at radius 1 is 1.42 bits per heavy atom. The molecule has 1 N–H and O–H groups in total. The molecule has 0 aliphatic carbocycles. The summed E-state index contributed by atoms with van der Waals surface area (Å²) in [5.41, 5.74) is 1.40.